The summed E-state index contributed by atoms with van der Waals surface area (Å²) in [4.78, 5) is 0. The van der Waals surface area contributed by atoms with Crippen LogP contribution in [-0.4, -0.2) is 9.13 Å². The first kappa shape index (κ1) is 38.7. The molecule has 0 radical (unpaired) electrons. The van der Waals surface area contributed by atoms with Crippen LogP contribution in [0.3, 0.4) is 0 Å². The summed E-state index contributed by atoms with van der Waals surface area (Å²) in [5.74, 6) is 0. The van der Waals surface area contributed by atoms with Crippen LogP contribution in [0.5, 0.6) is 0 Å². The molecule has 0 atom stereocenters. The summed E-state index contributed by atoms with van der Waals surface area (Å²) in [7, 11) is 0. The molecule has 0 aliphatic heterocycles. The SMILES string of the molecule is c1ccc(-c2ccc3c(c2)c2ccccc2n3-c2ccc3oc4c(-c5cccc(-c6cccc7c6oc6ccc(-n8c9ccccc9c9cc(-c%10ccccc%10)ccc98)cc67)c5)cccc4c3c2)cc1. The van der Waals surface area contributed by atoms with Gasteiger partial charge < -0.3 is 18.0 Å². The zero-order valence-corrected chi connectivity index (χ0v) is 37.8. The van der Waals surface area contributed by atoms with Gasteiger partial charge in [-0.15, -0.1) is 0 Å². The Hall–Kier alpha value is -9.38. The summed E-state index contributed by atoms with van der Waals surface area (Å²) < 4.78 is 18.4. The lowest BCUT2D eigenvalue weighted by Gasteiger charge is -2.09. The number of hydrogen-bond donors (Lipinski definition) is 0. The first-order chi connectivity index (χ1) is 34.7. The van der Waals surface area contributed by atoms with Crippen molar-refractivity contribution in [1.82, 2.24) is 9.13 Å². The predicted octanol–water partition coefficient (Wildman–Crippen LogP) is 18.3. The number of aromatic nitrogens is 2. The molecule has 4 nitrogen and oxygen atoms in total. The molecule has 0 unspecified atom stereocenters. The molecule has 0 amide bonds. The molecule has 0 aliphatic carbocycles. The van der Waals surface area contributed by atoms with E-state index in [1.54, 1.807) is 0 Å². The fraction of sp³-hybridized carbons (Fsp3) is 0. The van der Waals surface area contributed by atoms with Crippen molar-refractivity contribution in [3.8, 4) is 55.9 Å². The Balaban J connectivity index is 0.817. The van der Waals surface area contributed by atoms with Crippen molar-refractivity contribution in [3.05, 3.63) is 243 Å². The Morgan fingerprint density at radius 3 is 1.11 bits per heavy atom. The molecule has 4 heterocycles. The van der Waals surface area contributed by atoms with Crippen LogP contribution in [0.2, 0.25) is 0 Å². The van der Waals surface area contributed by atoms with E-state index in [0.717, 1.165) is 77.5 Å². The van der Waals surface area contributed by atoms with Crippen LogP contribution in [0.15, 0.2) is 251 Å². The molecular weight excluding hydrogens is 853 g/mol. The van der Waals surface area contributed by atoms with Gasteiger partial charge in [0.1, 0.15) is 22.3 Å². The Bertz CT molecular complexity index is 4300. The van der Waals surface area contributed by atoms with Crippen LogP contribution in [-0.2, 0) is 0 Å². The van der Waals surface area contributed by atoms with Gasteiger partial charge in [-0.05, 0) is 112 Å². The van der Waals surface area contributed by atoms with Gasteiger partial charge in [-0.1, -0.05) is 164 Å². The second-order valence-electron chi connectivity index (χ2n) is 18.4. The lowest BCUT2D eigenvalue weighted by atomic mass is 9.96. The third-order valence-corrected chi connectivity index (χ3v) is 14.5. The summed E-state index contributed by atoms with van der Waals surface area (Å²) in [6, 6.07) is 87.2. The van der Waals surface area contributed by atoms with Gasteiger partial charge in [0, 0.05) is 65.6 Å². The van der Waals surface area contributed by atoms with E-state index in [4.69, 9.17) is 8.83 Å². The largest absolute Gasteiger partial charge is 0.455 e. The fourth-order valence-electron chi connectivity index (χ4n) is 11.3. The first-order valence-electron chi connectivity index (χ1n) is 23.9. The Morgan fingerprint density at radius 1 is 0.229 bits per heavy atom. The topological polar surface area (TPSA) is 36.1 Å². The minimum absolute atomic E-state index is 0.860. The molecule has 326 valence electrons. The maximum Gasteiger partial charge on any atom is 0.143 e. The Labute approximate surface area is 402 Å². The molecule has 0 N–H and O–H groups in total. The van der Waals surface area contributed by atoms with Crippen LogP contribution in [0.1, 0.15) is 0 Å². The van der Waals surface area contributed by atoms with Crippen molar-refractivity contribution in [1.29, 1.82) is 0 Å². The van der Waals surface area contributed by atoms with Crippen LogP contribution in [0, 0.1) is 0 Å². The van der Waals surface area contributed by atoms with E-state index < -0.39 is 0 Å². The summed E-state index contributed by atoms with van der Waals surface area (Å²) in [5.41, 5.74) is 19.5. The van der Waals surface area contributed by atoms with Crippen LogP contribution in [0.25, 0.3) is 143 Å². The van der Waals surface area contributed by atoms with E-state index >= 15 is 0 Å². The fourth-order valence-corrected chi connectivity index (χ4v) is 11.3. The van der Waals surface area contributed by atoms with Gasteiger partial charge in [-0.3, -0.25) is 0 Å². The maximum absolute atomic E-state index is 6.80. The Kier molecular flexibility index (Phi) is 8.33. The lowest BCUT2D eigenvalue weighted by Crippen LogP contribution is -1.93. The van der Waals surface area contributed by atoms with Crippen molar-refractivity contribution in [2.45, 2.75) is 0 Å². The molecule has 0 bridgehead atoms. The molecule has 4 aromatic heterocycles. The number of benzene rings is 11. The zero-order valence-electron chi connectivity index (χ0n) is 37.8. The van der Waals surface area contributed by atoms with Crippen molar-refractivity contribution in [2.24, 2.45) is 0 Å². The molecule has 11 aromatic carbocycles. The van der Waals surface area contributed by atoms with Crippen LogP contribution >= 0.6 is 0 Å². The molecular formula is C66H40N2O2. The second-order valence-corrected chi connectivity index (χ2v) is 18.4. The molecule has 0 saturated heterocycles. The normalized spacial score (nSPS) is 12.0. The van der Waals surface area contributed by atoms with Gasteiger partial charge in [-0.2, -0.15) is 0 Å². The molecule has 0 fully saturated rings. The van der Waals surface area contributed by atoms with Gasteiger partial charge in [-0.25, -0.2) is 0 Å². The molecule has 15 aromatic rings. The average Bonchev–Trinajstić information content (AvgIpc) is 4.18. The van der Waals surface area contributed by atoms with Crippen molar-refractivity contribution in [3.63, 3.8) is 0 Å². The van der Waals surface area contributed by atoms with E-state index in [-0.39, 0.29) is 0 Å². The van der Waals surface area contributed by atoms with Gasteiger partial charge in [0.15, 0.2) is 0 Å². The van der Waals surface area contributed by atoms with E-state index in [2.05, 4.69) is 252 Å². The smallest absolute Gasteiger partial charge is 0.143 e. The molecule has 4 heteroatoms. The number of nitrogens with zero attached hydrogens (tertiary/aromatic N) is 2. The summed E-state index contributed by atoms with van der Waals surface area (Å²) in [6.45, 7) is 0. The molecule has 0 spiro atoms. The van der Waals surface area contributed by atoms with Crippen molar-refractivity contribution < 1.29 is 8.83 Å². The van der Waals surface area contributed by atoms with Crippen LogP contribution in [0.4, 0.5) is 0 Å². The standard InChI is InChI=1S/C66H40N2O2/c1-3-14-41(15-4-1)43-28-32-61-55(37-43)51-20-7-9-26-59(51)67(61)47-30-34-63-57(39-47)53-24-12-22-49(65(53)69-63)45-18-11-19-46(36-45)50-23-13-25-54-58-40-48(31-35-64(58)70-66(50)54)68-60-27-10-8-21-52(60)56-38-44(29-33-62(56)68)42-16-5-2-6-17-42/h1-40H. The summed E-state index contributed by atoms with van der Waals surface area (Å²) in [5, 5.41) is 9.27. The number of para-hydroxylation sites is 4. The van der Waals surface area contributed by atoms with Gasteiger partial charge in [0.05, 0.1) is 22.1 Å². The molecule has 0 saturated carbocycles. The van der Waals surface area contributed by atoms with E-state index in [1.165, 1.54) is 65.9 Å². The quantitative estimate of drug-likeness (QED) is 0.167. The highest BCUT2D eigenvalue weighted by Gasteiger charge is 2.20. The number of fused-ring (bicyclic) bond motifs is 12. The highest BCUT2D eigenvalue weighted by atomic mass is 16.3. The highest BCUT2D eigenvalue weighted by molar-refractivity contribution is 6.15. The average molecular weight is 893 g/mol. The molecule has 15 rings (SSSR count). The Morgan fingerprint density at radius 2 is 0.629 bits per heavy atom. The second kappa shape index (κ2) is 15.1. The monoisotopic (exact) mass is 892 g/mol. The third-order valence-electron chi connectivity index (χ3n) is 14.5. The number of rotatable bonds is 6. The highest BCUT2D eigenvalue weighted by Crippen LogP contribution is 2.43. The zero-order chi connectivity index (χ0) is 45.9. The summed E-state index contributed by atoms with van der Waals surface area (Å²) >= 11 is 0. The minimum Gasteiger partial charge on any atom is -0.455 e. The predicted molar refractivity (Wildman–Crippen MR) is 291 cm³/mol. The number of furan rings is 2. The van der Waals surface area contributed by atoms with Gasteiger partial charge in [0.25, 0.3) is 0 Å². The van der Waals surface area contributed by atoms with Crippen molar-refractivity contribution in [2.75, 3.05) is 0 Å². The maximum atomic E-state index is 6.80. The minimum atomic E-state index is 0.860. The van der Waals surface area contributed by atoms with E-state index in [0.29, 0.717) is 0 Å². The van der Waals surface area contributed by atoms with E-state index in [1.807, 2.05) is 0 Å². The molecule has 70 heavy (non-hydrogen) atoms. The van der Waals surface area contributed by atoms with E-state index in [9.17, 15) is 0 Å². The van der Waals surface area contributed by atoms with Crippen molar-refractivity contribution >= 4 is 87.5 Å². The molecule has 0 aliphatic rings. The first-order valence-corrected chi connectivity index (χ1v) is 23.9. The number of hydrogen-bond acceptors (Lipinski definition) is 2. The summed E-state index contributed by atoms with van der Waals surface area (Å²) in [6.07, 6.45) is 0. The lowest BCUT2D eigenvalue weighted by molar-refractivity contribution is 0.670. The third kappa shape index (κ3) is 5.84. The van der Waals surface area contributed by atoms with Gasteiger partial charge in [0.2, 0.25) is 0 Å². The van der Waals surface area contributed by atoms with Crippen LogP contribution < -0.4 is 0 Å². The van der Waals surface area contributed by atoms with Gasteiger partial charge >= 0.3 is 0 Å².